The molecular formula is C8H17F3NO4PS. The van der Waals surface area contributed by atoms with E-state index in [0.29, 0.717) is 0 Å². The molecule has 0 saturated heterocycles. The maximum atomic E-state index is 12.8. The zero-order chi connectivity index (χ0) is 14.8. The van der Waals surface area contributed by atoms with Crippen LogP contribution in [0, 0.1) is 0 Å². The summed E-state index contributed by atoms with van der Waals surface area (Å²) in [7, 11) is -4.86. The van der Waals surface area contributed by atoms with E-state index in [2.05, 4.69) is 9.05 Å². The van der Waals surface area contributed by atoms with Crippen LogP contribution in [0.4, 0.5) is 13.2 Å². The van der Waals surface area contributed by atoms with Gasteiger partial charge in [0.1, 0.15) is 0 Å². The number of hydrogen-bond acceptors (Lipinski definition) is 4. The van der Waals surface area contributed by atoms with Crippen LogP contribution in [0.25, 0.3) is 0 Å². The highest BCUT2D eigenvalue weighted by Crippen LogP contribution is 2.55. The quantitative estimate of drug-likeness (QED) is 0.792. The molecule has 10 heteroatoms. The molecule has 1 N–H and O–H groups in total. The van der Waals surface area contributed by atoms with Crippen LogP contribution in [-0.4, -0.2) is 35.1 Å². The third-order valence-corrected chi connectivity index (χ3v) is 5.72. The van der Waals surface area contributed by atoms with Crippen molar-refractivity contribution in [2.45, 2.75) is 37.5 Å². The predicted octanol–water partition coefficient (Wildman–Crippen LogP) is 2.41. The van der Waals surface area contributed by atoms with Gasteiger partial charge in [0.25, 0.3) is 0 Å². The number of nitrogens with one attached hydrogen (secondary N) is 1. The molecule has 2 atom stereocenters. The Labute approximate surface area is 107 Å². The fraction of sp³-hybridized carbons (Fsp3) is 1.00. The normalized spacial score (nSPS) is 17.6. The molecule has 0 rings (SSSR count). The summed E-state index contributed by atoms with van der Waals surface area (Å²) in [6, 6.07) is 0. The Kier molecular flexibility index (Phi) is 6.02. The molecule has 0 radical (unpaired) electrons. The van der Waals surface area contributed by atoms with Crippen molar-refractivity contribution in [3.63, 3.8) is 0 Å². The SMILES string of the molecule is COP(=O)(OC)[C@H](NS(=O)C(C)(C)C)C(F)(F)F. The third-order valence-electron chi connectivity index (χ3n) is 1.91. The highest BCUT2D eigenvalue weighted by Gasteiger charge is 2.54. The van der Waals surface area contributed by atoms with E-state index in [4.69, 9.17) is 0 Å². The monoisotopic (exact) mass is 311 g/mol. The first-order chi connectivity index (χ1) is 7.88. The van der Waals surface area contributed by atoms with Gasteiger partial charge in [0.15, 0.2) is 0 Å². The van der Waals surface area contributed by atoms with Gasteiger partial charge >= 0.3 is 13.8 Å². The number of alkyl halides is 3. The van der Waals surface area contributed by atoms with Crippen LogP contribution < -0.4 is 4.72 Å². The lowest BCUT2D eigenvalue weighted by atomic mass is 10.3. The van der Waals surface area contributed by atoms with Crippen LogP contribution >= 0.6 is 7.60 Å². The average molecular weight is 311 g/mol. The highest BCUT2D eigenvalue weighted by molar-refractivity contribution is 7.84. The minimum Gasteiger partial charge on any atom is -0.311 e. The maximum Gasteiger partial charge on any atom is 0.416 e. The Morgan fingerprint density at radius 2 is 1.56 bits per heavy atom. The predicted molar refractivity (Wildman–Crippen MR) is 62.5 cm³/mol. The second kappa shape index (κ2) is 6.00. The molecule has 0 heterocycles. The van der Waals surface area contributed by atoms with Crippen LogP contribution in [0.5, 0.6) is 0 Å². The van der Waals surface area contributed by atoms with E-state index in [-0.39, 0.29) is 0 Å². The fourth-order valence-corrected chi connectivity index (χ4v) is 3.30. The van der Waals surface area contributed by atoms with Crippen LogP contribution in [-0.2, 0) is 24.6 Å². The number of halogens is 3. The topological polar surface area (TPSA) is 64.6 Å². The van der Waals surface area contributed by atoms with E-state index in [1.807, 2.05) is 0 Å². The summed E-state index contributed by atoms with van der Waals surface area (Å²) in [5.74, 6) is -2.64. The van der Waals surface area contributed by atoms with Crippen LogP contribution in [0.1, 0.15) is 20.8 Å². The first kappa shape index (κ1) is 18.0. The smallest absolute Gasteiger partial charge is 0.311 e. The van der Waals surface area contributed by atoms with Crippen molar-refractivity contribution in [1.29, 1.82) is 0 Å². The molecule has 0 aromatic rings. The van der Waals surface area contributed by atoms with Crippen molar-refractivity contribution >= 4 is 18.6 Å². The van der Waals surface area contributed by atoms with Gasteiger partial charge in [-0.3, -0.25) is 4.57 Å². The first-order valence-electron chi connectivity index (χ1n) is 4.84. The van der Waals surface area contributed by atoms with Crippen molar-refractivity contribution in [3.8, 4) is 0 Å². The van der Waals surface area contributed by atoms with Gasteiger partial charge in [0.05, 0.1) is 15.7 Å². The standard InChI is InChI=1S/C8H17F3NO4PS/c1-7(2,3)18(14)12-6(8(9,10)11)17(13,15-4)16-5/h6,12H,1-5H3/t6-,18?/m0/s1. The lowest BCUT2D eigenvalue weighted by Gasteiger charge is -2.29. The molecule has 0 spiro atoms. The summed E-state index contributed by atoms with van der Waals surface area (Å²) in [5, 5.41) is 0. The molecule has 0 aliphatic carbocycles. The lowest BCUT2D eigenvalue weighted by molar-refractivity contribution is -0.136. The third kappa shape index (κ3) is 4.62. The fourth-order valence-electron chi connectivity index (χ4n) is 0.874. The zero-order valence-corrected chi connectivity index (χ0v) is 12.4. The summed E-state index contributed by atoms with van der Waals surface area (Å²) in [5.41, 5.74) is 0. The van der Waals surface area contributed by atoms with Crippen molar-refractivity contribution in [3.05, 3.63) is 0 Å². The molecule has 0 fully saturated rings. The van der Waals surface area contributed by atoms with E-state index in [0.717, 1.165) is 14.2 Å². The summed E-state index contributed by atoms with van der Waals surface area (Å²) >= 11 is 0. The zero-order valence-electron chi connectivity index (χ0n) is 10.7. The minimum absolute atomic E-state index is 0.838. The van der Waals surface area contributed by atoms with Gasteiger partial charge in [0.2, 0.25) is 5.78 Å². The van der Waals surface area contributed by atoms with Gasteiger partial charge in [-0.1, -0.05) is 0 Å². The molecule has 0 aliphatic heterocycles. The second-order valence-electron chi connectivity index (χ2n) is 4.35. The molecule has 5 nitrogen and oxygen atoms in total. The van der Waals surface area contributed by atoms with Crippen molar-refractivity contribution in [2.75, 3.05) is 14.2 Å². The summed E-state index contributed by atoms with van der Waals surface area (Å²) < 4.78 is 71.3. The van der Waals surface area contributed by atoms with Gasteiger partial charge < -0.3 is 9.05 Å². The van der Waals surface area contributed by atoms with Gasteiger partial charge in [-0.2, -0.15) is 13.2 Å². The molecular weight excluding hydrogens is 294 g/mol. The summed E-state index contributed by atoms with van der Waals surface area (Å²) in [6.45, 7) is 4.44. The van der Waals surface area contributed by atoms with E-state index >= 15 is 0 Å². The Bertz CT molecular complexity index is 347. The van der Waals surface area contributed by atoms with Crippen molar-refractivity contribution in [1.82, 2.24) is 4.72 Å². The van der Waals surface area contributed by atoms with Gasteiger partial charge in [-0.25, -0.2) is 8.93 Å². The van der Waals surface area contributed by atoms with E-state index in [9.17, 15) is 21.9 Å². The van der Waals surface area contributed by atoms with Crippen molar-refractivity contribution in [2.24, 2.45) is 0 Å². The van der Waals surface area contributed by atoms with Crippen molar-refractivity contribution < 1.29 is 31.0 Å². The molecule has 0 aromatic heterocycles. The van der Waals surface area contributed by atoms with E-state index < -0.39 is 35.3 Å². The summed E-state index contributed by atoms with van der Waals surface area (Å²) in [4.78, 5) is 0. The lowest BCUT2D eigenvalue weighted by Crippen LogP contribution is -2.47. The molecule has 18 heavy (non-hydrogen) atoms. The Morgan fingerprint density at radius 3 is 1.78 bits per heavy atom. The molecule has 110 valence electrons. The number of rotatable bonds is 5. The molecule has 0 bridgehead atoms. The molecule has 1 unspecified atom stereocenters. The first-order valence-corrected chi connectivity index (χ1v) is 7.60. The van der Waals surface area contributed by atoms with Crippen LogP contribution in [0.3, 0.4) is 0 Å². The Hall–Kier alpha value is 0.0500. The molecule has 0 amide bonds. The average Bonchev–Trinajstić information content (AvgIpc) is 2.21. The Morgan fingerprint density at radius 1 is 1.17 bits per heavy atom. The Balaban J connectivity index is 5.30. The highest BCUT2D eigenvalue weighted by atomic mass is 32.2. The van der Waals surface area contributed by atoms with Gasteiger partial charge in [0, 0.05) is 14.2 Å². The molecule has 0 aromatic carbocycles. The van der Waals surface area contributed by atoms with Crippen LogP contribution in [0.2, 0.25) is 0 Å². The minimum atomic E-state index is -4.91. The largest absolute Gasteiger partial charge is 0.416 e. The van der Waals surface area contributed by atoms with Crippen LogP contribution in [0.15, 0.2) is 0 Å². The van der Waals surface area contributed by atoms with E-state index in [1.54, 1.807) is 4.72 Å². The second-order valence-corrected chi connectivity index (χ2v) is 8.67. The summed E-state index contributed by atoms with van der Waals surface area (Å²) in [6.07, 6.45) is -4.91. The van der Waals surface area contributed by atoms with Gasteiger partial charge in [-0.05, 0) is 20.8 Å². The van der Waals surface area contributed by atoms with Gasteiger partial charge in [-0.15, -0.1) is 0 Å². The number of hydrogen-bond donors (Lipinski definition) is 1. The van der Waals surface area contributed by atoms with E-state index in [1.165, 1.54) is 20.8 Å². The maximum absolute atomic E-state index is 12.8. The molecule has 0 saturated carbocycles. The molecule has 0 aliphatic rings.